The van der Waals surface area contributed by atoms with Crippen molar-refractivity contribution in [3.05, 3.63) is 29.8 Å². The van der Waals surface area contributed by atoms with Crippen molar-refractivity contribution in [1.29, 1.82) is 0 Å². The van der Waals surface area contributed by atoms with Crippen molar-refractivity contribution in [1.82, 2.24) is 15.5 Å². The smallest absolute Gasteiger partial charge is 0.191 e. The molecule has 0 amide bonds. The van der Waals surface area contributed by atoms with Gasteiger partial charge in [-0.05, 0) is 57.2 Å². The molecule has 6 heteroatoms. The van der Waals surface area contributed by atoms with E-state index >= 15 is 0 Å². The molecule has 1 aliphatic heterocycles. The highest BCUT2D eigenvalue weighted by atomic mass is 127. The van der Waals surface area contributed by atoms with Gasteiger partial charge in [-0.1, -0.05) is 19.1 Å². The third kappa shape index (κ3) is 8.68. The summed E-state index contributed by atoms with van der Waals surface area (Å²) in [5.74, 6) is 1.87. The van der Waals surface area contributed by atoms with Crippen molar-refractivity contribution >= 4 is 29.9 Å². The predicted molar refractivity (Wildman–Crippen MR) is 126 cm³/mol. The molecule has 1 aliphatic rings. The van der Waals surface area contributed by atoms with Crippen LogP contribution in [0.2, 0.25) is 0 Å². The molecule has 27 heavy (non-hydrogen) atoms. The lowest BCUT2D eigenvalue weighted by atomic mass is 10.0. The van der Waals surface area contributed by atoms with E-state index in [-0.39, 0.29) is 24.0 Å². The molecule has 0 radical (unpaired) electrons. The van der Waals surface area contributed by atoms with Crippen LogP contribution in [-0.4, -0.2) is 56.2 Å². The summed E-state index contributed by atoms with van der Waals surface area (Å²) >= 11 is 0. The van der Waals surface area contributed by atoms with E-state index in [1.54, 1.807) is 0 Å². The minimum Gasteiger partial charge on any atom is -0.494 e. The first-order valence-electron chi connectivity index (χ1n) is 10.0. The number of piperidine rings is 1. The second kappa shape index (κ2) is 13.2. The summed E-state index contributed by atoms with van der Waals surface area (Å²) in [5.41, 5.74) is 1.28. The van der Waals surface area contributed by atoms with Crippen LogP contribution in [0.15, 0.2) is 29.3 Å². The van der Waals surface area contributed by atoms with Crippen molar-refractivity contribution in [2.24, 2.45) is 4.99 Å². The summed E-state index contributed by atoms with van der Waals surface area (Å²) in [6.07, 6.45) is 4.34. The molecule has 0 saturated carbocycles. The number of likely N-dealkylation sites (tertiary alicyclic amines) is 1. The first-order valence-corrected chi connectivity index (χ1v) is 10.0. The molecule has 1 aromatic rings. The Morgan fingerprint density at radius 2 is 2.04 bits per heavy atom. The number of rotatable bonds is 8. The van der Waals surface area contributed by atoms with Gasteiger partial charge in [0.25, 0.3) is 0 Å². The number of hydrogen-bond acceptors (Lipinski definition) is 3. The highest BCUT2D eigenvalue weighted by Gasteiger charge is 2.21. The molecule has 0 unspecified atom stereocenters. The Kier molecular flexibility index (Phi) is 11.7. The molecule has 5 nitrogen and oxygen atoms in total. The average Bonchev–Trinajstić information content (AvgIpc) is 2.66. The van der Waals surface area contributed by atoms with E-state index in [9.17, 15) is 0 Å². The first-order chi connectivity index (χ1) is 12.6. The Bertz CT molecular complexity index is 557. The van der Waals surface area contributed by atoms with Gasteiger partial charge in [-0.3, -0.25) is 4.99 Å². The zero-order chi connectivity index (χ0) is 18.8. The van der Waals surface area contributed by atoms with Crippen LogP contribution in [0.25, 0.3) is 0 Å². The van der Waals surface area contributed by atoms with Gasteiger partial charge in [-0.2, -0.15) is 0 Å². The second-order valence-electron chi connectivity index (χ2n) is 7.29. The number of halogens is 1. The van der Waals surface area contributed by atoms with Gasteiger partial charge < -0.3 is 20.3 Å². The van der Waals surface area contributed by atoms with Crippen LogP contribution < -0.4 is 15.4 Å². The molecular weight excluding hydrogens is 451 g/mol. The SMILES string of the molecule is CCCOc1cccc(CCNC(=NC)NC2CCN(C(C)C)CC2)c1.I. The van der Waals surface area contributed by atoms with E-state index in [1.165, 1.54) is 18.4 Å². The maximum absolute atomic E-state index is 5.71. The summed E-state index contributed by atoms with van der Waals surface area (Å²) < 4.78 is 5.71. The third-order valence-electron chi connectivity index (χ3n) is 4.90. The molecule has 2 N–H and O–H groups in total. The van der Waals surface area contributed by atoms with Gasteiger partial charge in [0.1, 0.15) is 5.75 Å². The minimum absolute atomic E-state index is 0. The average molecular weight is 488 g/mol. The summed E-state index contributed by atoms with van der Waals surface area (Å²) in [7, 11) is 1.85. The maximum Gasteiger partial charge on any atom is 0.191 e. The van der Waals surface area contributed by atoms with Crippen LogP contribution in [0, 0.1) is 0 Å². The highest BCUT2D eigenvalue weighted by Crippen LogP contribution is 2.14. The van der Waals surface area contributed by atoms with E-state index in [0.29, 0.717) is 12.1 Å². The molecule has 0 aromatic heterocycles. The largest absolute Gasteiger partial charge is 0.494 e. The van der Waals surface area contributed by atoms with E-state index in [1.807, 2.05) is 13.1 Å². The summed E-state index contributed by atoms with van der Waals surface area (Å²) in [6, 6.07) is 9.53. The van der Waals surface area contributed by atoms with Crippen molar-refractivity contribution in [3.8, 4) is 5.75 Å². The van der Waals surface area contributed by atoms with Crippen LogP contribution in [0.5, 0.6) is 5.75 Å². The molecule has 0 spiro atoms. The zero-order valence-electron chi connectivity index (χ0n) is 17.3. The number of ether oxygens (including phenoxy) is 1. The molecule has 2 rings (SSSR count). The minimum atomic E-state index is 0. The van der Waals surface area contributed by atoms with Crippen LogP contribution in [0.3, 0.4) is 0 Å². The molecule has 154 valence electrons. The summed E-state index contributed by atoms with van der Waals surface area (Å²) in [5, 5.41) is 7.02. The van der Waals surface area contributed by atoms with Gasteiger partial charge in [-0.25, -0.2) is 0 Å². The monoisotopic (exact) mass is 488 g/mol. The van der Waals surface area contributed by atoms with Crippen molar-refractivity contribution in [2.45, 2.75) is 58.5 Å². The molecule has 1 heterocycles. The van der Waals surface area contributed by atoms with E-state index in [0.717, 1.165) is 50.8 Å². The van der Waals surface area contributed by atoms with Crippen LogP contribution in [0.1, 0.15) is 45.6 Å². The van der Waals surface area contributed by atoms with Crippen molar-refractivity contribution < 1.29 is 4.74 Å². The summed E-state index contributed by atoms with van der Waals surface area (Å²) in [4.78, 5) is 6.93. The first kappa shape index (κ1) is 24.0. The van der Waals surface area contributed by atoms with E-state index < -0.39 is 0 Å². The fourth-order valence-electron chi connectivity index (χ4n) is 3.28. The Balaban J connectivity index is 0.00000364. The van der Waals surface area contributed by atoms with Gasteiger partial charge in [-0.15, -0.1) is 24.0 Å². The number of guanidine groups is 1. The van der Waals surface area contributed by atoms with Crippen molar-refractivity contribution in [2.75, 3.05) is 33.3 Å². The van der Waals surface area contributed by atoms with Gasteiger partial charge in [0.05, 0.1) is 6.61 Å². The van der Waals surface area contributed by atoms with E-state index in [4.69, 9.17) is 4.74 Å². The van der Waals surface area contributed by atoms with Gasteiger partial charge in [0.15, 0.2) is 5.96 Å². The van der Waals surface area contributed by atoms with Crippen molar-refractivity contribution in [3.63, 3.8) is 0 Å². The number of nitrogens with one attached hydrogen (secondary N) is 2. The topological polar surface area (TPSA) is 48.9 Å². The lowest BCUT2D eigenvalue weighted by molar-refractivity contribution is 0.167. The lowest BCUT2D eigenvalue weighted by Gasteiger charge is -2.35. The molecule has 0 bridgehead atoms. The Morgan fingerprint density at radius 3 is 2.67 bits per heavy atom. The summed E-state index contributed by atoms with van der Waals surface area (Å²) in [6.45, 7) is 10.6. The third-order valence-corrected chi connectivity index (χ3v) is 4.90. The number of aliphatic imine (C=N–C) groups is 1. The van der Waals surface area contributed by atoms with Crippen LogP contribution in [0.4, 0.5) is 0 Å². The molecule has 1 saturated heterocycles. The maximum atomic E-state index is 5.71. The fraction of sp³-hybridized carbons (Fsp3) is 0.667. The molecule has 1 fully saturated rings. The Hall–Kier alpha value is -1.02. The Morgan fingerprint density at radius 1 is 1.30 bits per heavy atom. The number of benzene rings is 1. The quantitative estimate of drug-likeness (QED) is 0.333. The van der Waals surface area contributed by atoms with Gasteiger partial charge in [0, 0.05) is 38.8 Å². The Labute approximate surface area is 182 Å². The lowest BCUT2D eigenvalue weighted by Crippen LogP contribution is -2.50. The van der Waals surface area contributed by atoms with Crippen LogP contribution in [-0.2, 0) is 6.42 Å². The number of nitrogens with zero attached hydrogens (tertiary/aromatic N) is 2. The normalized spacial score (nSPS) is 16.1. The van der Waals surface area contributed by atoms with E-state index in [2.05, 4.69) is 59.5 Å². The van der Waals surface area contributed by atoms with Crippen LogP contribution >= 0.6 is 24.0 Å². The fourth-order valence-corrected chi connectivity index (χ4v) is 3.28. The predicted octanol–water partition coefficient (Wildman–Crippen LogP) is 3.67. The van der Waals surface area contributed by atoms with Gasteiger partial charge >= 0.3 is 0 Å². The molecule has 0 aliphatic carbocycles. The molecular formula is C21H37IN4O. The second-order valence-corrected chi connectivity index (χ2v) is 7.29. The zero-order valence-corrected chi connectivity index (χ0v) is 19.7. The molecule has 0 atom stereocenters. The molecule has 1 aromatic carbocycles. The van der Waals surface area contributed by atoms with Gasteiger partial charge in [0.2, 0.25) is 0 Å². The number of hydrogen-bond donors (Lipinski definition) is 2. The standard InChI is InChI=1S/C21H36N4O.HI/c1-5-15-26-20-8-6-7-18(16-20)9-12-23-21(22-4)24-19-10-13-25(14-11-19)17(2)3;/h6-8,16-17,19H,5,9-15H2,1-4H3,(H2,22,23,24);1H. The highest BCUT2D eigenvalue weighted by molar-refractivity contribution is 14.0.